The van der Waals surface area contributed by atoms with Gasteiger partial charge in [0.25, 0.3) is 5.91 Å². The van der Waals surface area contributed by atoms with Gasteiger partial charge in [0.2, 0.25) is 5.88 Å². The van der Waals surface area contributed by atoms with Gasteiger partial charge in [0.05, 0.1) is 42.1 Å². The van der Waals surface area contributed by atoms with E-state index in [0.29, 0.717) is 17.6 Å². The number of nitrogens with zero attached hydrogens (tertiary/aromatic N) is 4. The van der Waals surface area contributed by atoms with E-state index in [-0.39, 0.29) is 35.4 Å². The molecule has 0 saturated carbocycles. The Hall–Kier alpha value is -4.01. The lowest BCUT2D eigenvalue weighted by Gasteiger charge is -2.19. The van der Waals surface area contributed by atoms with Gasteiger partial charge in [-0.15, -0.1) is 0 Å². The fourth-order valence-corrected chi connectivity index (χ4v) is 3.56. The first kappa shape index (κ1) is 27.6. The Balaban J connectivity index is 1.57. The van der Waals surface area contributed by atoms with Crippen LogP contribution in [0.2, 0.25) is 0 Å². The number of aromatic nitrogens is 4. The van der Waals surface area contributed by atoms with E-state index >= 15 is 0 Å². The van der Waals surface area contributed by atoms with Crippen LogP contribution in [-0.4, -0.2) is 50.1 Å². The van der Waals surface area contributed by atoms with Crippen molar-refractivity contribution in [2.75, 3.05) is 23.8 Å². The van der Waals surface area contributed by atoms with Crippen molar-refractivity contribution in [3.8, 4) is 5.88 Å². The Labute approximate surface area is 214 Å². The summed E-state index contributed by atoms with van der Waals surface area (Å²) >= 11 is 0.896. The van der Waals surface area contributed by atoms with Gasteiger partial charge < -0.3 is 25.4 Å². The maximum atomic E-state index is 12.9. The Morgan fingerprint density at radius 1 is 1.11 bits per heavy atom. The van der Waals surface area contributed by atoms with E-state index in [1.54, 1.807) is 33.8 Å². The molecule has 0 aromatic carbocycles. The quantitative estimate of drug-likeness (QED) is 0.352. The third kappa shape index (κ3) is 8.27. The number of nitrogens with one attached hydrogen (secondary N) is 3. The Morgan fingerprint density at radius 3 is 2.51 bits per heavy atom. The number of pyridine rings is 1. The molecule has 15 heteroatoms. The molecule has 0 fully saturated rings. The first-order chi connectivity index (χ1) is 17.3. The van der Waals surface area contributed by atoms with Crippen LogP contribution in [0.25, 0.3) is 0 Å². The highest BCUT2D eigenvalue weighted by molar-refractivity contribution is 7.10. The summed E-state index contributed by atoms with van der Waals surface area (Å²) < 4.78 is 53.4. The summed E-state index contributed by atoms with van der Waals surface area (Å²) in [5, 5.41) is 8.09. The number of aryl methyl sites for hydroxylation is 1. The SMILES string of the molecule is Cc1nsc(Nc2cncc(C(F)(F)F)n2)c1C(=O)Nc1ccc(OCCNC(=O)OC(C)(C)C)nc1. The van der Waals surface area contributed by atoms with E-state index in [9.17, 15) is 22.8 Å². The van der Waals surface area contributed by atoms with Gasteiger partial charge in [0, 0.05) is 6.07 Å². The lowest BCUT2D eigenvalue weighted by molar-refractivity contribution is -0.141. The number of ether oxygens (including phenoxy) is 2. The number of rotatable bonds is 8. The fourth-order valence-electron chi connectivity index (χ4n) is 2.76. The molecule has 3 aromatic rings. The molecule has 0 aliphatic heterocycles. The standard InChI is InChI=1S/C22H24F3N7O4S/c1-12-17(19(37-32-12)31-15-11-26-10-14(30-15)22(23,24)25)18(33)29-13-5-6-16(28-9-13)35-8-7-27-20(34)36-21(2,3)4/h5-6,9-11H,7-8H2,1-4H3,(H,27,34)(H,29,33)(H,30,31). The van der Waals surface area contributed by atoms with Crippen LogP contribution >= 0.6 is 11.5 Å². The van der Waals surface area contributed by atoms with E-state index < -0.39 is 29.5 Å². The van der Waals surface area contributed by atoms with Crippen LogP contribution < -0.4 is 20.7 Å². The Bertz CT molecular complexity index is 1240. The molecular weight excluding hydrogens is 515 g/mol. The van der Waals surface area contributed by atoms with E-state index in [1.807, 2.05) is 0 Å². The Kier molecular flexibility index (Phi) is 8.47. The molecule has 0 bridgehead atoms. The predicted molar refractivity (Wildman–Crippen MR) is 129 cm³/mol. The minimum Gasteiger partial charge on any atom is -0.476 e. The summed E-state index contributed by atoms with van der Waals surface area (Å²) in [6.07, 6.45) is -2.14. The number of anilines is 3. The lowest BCUT2D eigenvalue weighted by atomic mass is 10.2. The topological polar surface area (TPSA) is 140 Å². The van der Waals surface area contributed by atoms with Crippen LogP contribution in [0.1, 0.15) is 42.5 Å². The number of alkyl halides is 3. The van der Waals surface area contributed by atoms with Crippen molar-refractivity contribution >= 4 is 40.0 Å². The van der Waals surface area contributed by atoms with Gasteiger partial charge in [-0.05, 0) is 45.3 Å². The molecule has 3 aromatic heterocycles. The summed E-state index contributed by atoms with van der Waals surface area (Å²) in [5.74, 6) is -0.467. The number of hydrogen-bond acceptors (Lipinski definition) is 10. The number of hydrogen-bond donors (Lipinski definition) is 3. The number of carbonyl (C=O) groups is 2. The van der Waals surface area contributed by atoms with Crippen LogP contribution in [0.3, 0.4) is 0 Å². The monoisotopic (exact) mass is 539 g/mol. The third-order valence-electron chi connectivity index (χ3n) is 4.27. The van der Waals surface area contributed by atoms with Crippen LogP contribution in [0, 0.1) is 6.92 Å². The zero-order valence-electron chi connectivity index (χ0n) is 20.3. The smallest absolute Gasteiger partial charge is 0.434 e. The fraction of sp³-hybridized carbons (Fsp3) is 0.364. The zero-order chi connectivity index (χ0) is 27.2. The molecule has 0 radical (unpaired) electrons. The van der Waals surface area contributed by atoms with E-state index in [0.717, 1.165) is 17.7 Å². The van der Waals surface area contributed by atoms with Crippen LogP contribution in [0.4, 0.5) is 34.5 Å². The highest BCUT2D eigenvalue weighted by Gasteiger charge is 2.33. The lowest BCUT2D eigenvalue weighted by Crippen LogP contribution is -2.34. The highest BCUT2D eigenvalue weighted by Crippen LogP contribution is 2.31. The van der Waals surface area contributed by atoms with Crippen molar-refractivity contribution in [1.29, 1.82) is 0 Å². The molecule has 0 unspecified atom stereocenters. The first-order valence-corrected chi connectivity index (χ1v) is 11.6. The molecule has 0 atom stereocenters. The molecule has 3 N–H and O–H groups in total. The summed E-state index contributed by atoms with van der Waals surface area (Å²) in [6, 6.07) is 3.08. The average Bonchev–Trinajstić information content (AvgIpc) is 3.16. The molecule has 3 heterocycles. The molecule has 3 rings (SSSR count). The highest BCUT2D eigenvalue weighted by atomic mass is 32.1. The summed E-state index contributed by atoms with van der Waals surface area (Å²) in [6.45, 7) is 7.20. The summed E-state index contributed by atoms with van der Waals surface area (Å²) in [4.78, 5) is 35.6. The van der Waals surface area contributed by atoms with E-state index in [4.69, 9.17) is 9.47 Å². The molecule has 0 saturated heterocycles. The van der Waals surface area contributed by atoms with E-state index in [1.165, 1.54) is 12.3 Å². The van der Waals surface area contributed by atoms with Gasteiger partial charge in [-0.3, -0.25) is 9.78 Å². The van der Waals surface area contributed by atoms with Crippen molar-refractivity contribution in [2.45, 2.75) is 39.5 Å². The van der Waals surface area contributed by atoms with Gasteiger partial charge in [0.15, 0.2) is 5.69 Å². The first-order valence-electron chi connectivity index (χ1n) is 10.8. The zero-order valence-corrected chi connectivity index (χ0v) is 21.1. The van der Waals surface area contributed by atoms with Gasteiger partial charge in [-0.1, -0.05) is 0 Å². The van der Waals surface area contributed by atoms with Crippen molar-refractivity contribution in [3.05, 3.63) is 47.7 Å². The largest absolute Gasteiger partial charge is 0.476 e. The summed E-state index contributed by atoms with van der Waals surface area (Å²) in [5.41, 5.74) is -0.917. The number of amides is 2. The van der Waals surface area contributed by atoms with Crippen LogP contribution in [0.15, 0.2) is 30.7 Å². The second-order valence-electron chi connectivity index (χ2n) is 8.50. The van der Waals surface area contributed by atoms with Crippen LogP contribution in [-0.2, 0) is 10.9 Å². The summed E-state index contributed by atoms with van der Waals surface area (Å²) in [7, 11) is 0. The Morgan fingerprint density at radius 2 is 1.86 bits per heavy atom. The molecule has 0 aliphatic carbocycles. The molecule has 0 spiro atoms. The van der Waals surface area contributed by atoms with Crippen molar-refractivity contribution in [1.82, 2.24) is 24.6 Å². The minimum atomic E-state index is -4.66. The second kappa shape index (κ2) is 11.4. The van der Waals surface area contributed by atoms with Crippen LogP contribution in [0.5, 0.6) is 5.88 Å². The number of carbonyl (C=O) groups excluding carboxylic acids is 2. The van der Waals surface area contributed by atoms with Gasteiger partial charge in [-0.25, -0.2) is 14.8 Å². The minimum absolute atomic E-state index is 0.137. The number of alkyl carbamates (subject to hydrolysis) is 1. The van der Waals surface area contributed by atoms with Gasteiger partial charge in [-0.2, -0.15) is 17.5 Å². The maximum absolute atomic E-state index is 12.9. The molecule has 2 amide bonds. The number of halogens is 3. The molecule has 0 aliphatic rings. The normalized spacial score (nSPS) is 11.5. The molecule has 11 nitrogen and oxygen atoms in total. The molecule has 198 valence electrons. The predicted octanol–water partition coefficient (Wildman–Crippen LogP) is 4.55. The average molecular weight is 540 g/mol. The molecule has 37 heavy (non-hydrogen) atoms. The van der Waals surface area contributed by atoms with Gasteiger partial charge in [0.1, 0.15) is 23.0 Å². The van der Waals surface area contributed by atoms with Crippen molar-refractivity contribution in [2.24, 2.45) is 0 Å². The third-order valence-corrected chi connectivity index (χ3v) is 5.12. The maximum Gasteiger partial charge on any atom is 0.434 e. The van der Waals surface area contributed by atoms with Gasteiger partial charge >= 0.3 is 12.3 Å². The van der Waals surface area contributed by atoms with E-state index in [2.05, 4.69) is 35.3 Å². The van der Waals surface area contributed by atoms with Crippen molar-refractivity contribution in [3.63, 3.8) is 0 Å². The van der Waals surface area contributed by atoms with Crippen molar-refractivity contribution < 1.29 is 32.2 Å². The molecular formula is C22H24F3N7O4S. The second-order valence-corrected chi connectivity index (χ2v) is 9.27.